The highest BCUT2D eigenvalue weighted by molar-refractivity contribution is 5.82. The first kappa shape index (κ1) is 17.3. The van der Waals surface area contributed by atoms with E-state index < -0.39 is 0 Å². The molecule has 3 nitrogen and oxygen atoms in total. The second-order valence-electron chi connectivity index (χ2n) is 6.40. The van der Waals surface area contributed by atoms with Gasteiger partial charge in [0, 0.05) is 38.6 Å². The Morgan fingerprint density at radius 2 is 1.52 bits per heavy atom. The van der Waals surface area contributed by atoms with Gasteiger partial charge >= 0.3 is 0 Å². The minimum Gasteiger partial charge on any atom is -0.378 e. The molecule has 3 rings (SSSR count). The average molecular weight is 334 g/mol. The molecular weight excluding hydrogens is 308 g/mol. The van der Waals surface area contributed by atoms with Gasteiger partial charge in [0.05, 0.1) is 13.2 Å². The summed E-state index contributed by atoms with van der Waals surface area (Å²) < 4.78 is 5.43. The van der Waals surface area contributed by atoms with Crippen molar-refractivity contribution in [2.75, 3.05) is 50.2 Å². The van der Waals surface area contributed by atoms with E-state index in [4.69, 9.17) is 4.74 Å². The predicted molar refractivity (Wildman–Crippen MR) is 108 cm³/mol. The van der Waals surface area contributed by atoms with Crippen LogP contribution in [0.5, 0.6) is 0 Å². The minimum absolute atomic E-state index is 0.807. The Labute approximate surface area is 150 Å². The monoisotopic (exact) mass is 334 g/mol. The van der Waals surface area contributed by atoms with Gasteiger partial charge in [-0.3, -0.25) is 0 Å². The number of anilines is 2. The van der Waals surface area contributed by atoms with Crippen LogP contribution in [0.4, 0.5) is 11.4 Å². The van der Waals surface area contributed by atoms with Gasteiger partial charge in [0.15, 0.2) is 0 Å². The number of hydrogen-bond acceptors (Lipinski definition) is 3. The molecule has 0 N–H and O–H groups in total. The average Bonchev–Trinajstić information content (AvgIpc) is 2.67. The van der Waals surface area contributed by atoms with Crippen molar-refractivity contribution in [3.8, 4) is 0 Å². The summed E-state index contributed by atoms with van der Waals surface area (Å²) in [6, 6.07) is 17.4. The van der Waals surface area contributed by atoms with Crippen molar-refractivity contribution in [3.63, 3.8) is 0 Å². The van der Waals surface area contributed by atoms with E-state index in [2.05, 4.69) is 85.1 Å². The largest absolute Gasteiger partial charge is 0.378 e. The molecule has 2 aromatic rings. The van der Waals surface area contributed by atoms with Crippen LogP contribution in [0.2, 0.25) is 0 Å². The van der Waals surface area contributed by atoms with Crippen molar-refractivity contribution < 1.29 is 4.74 Å². The van der Waals surface area contributed by atoms with Gasteiger partial charge in [0.2, 0.25) is 0 Å². The van der Waals surface area contributed by atoms with Gasteiger partial charge in [-0.15, -0.1) is 0 Å². The predicted octanol–water partition coefficient (Wildman–Crippen LogP) is 4.21. The fourth-order valence-corrected chi connectivity index (χ4v) is 3.09. The van der Waals surface area contributed by atoms with Crippen LogP contribution in [0.15, 0.2) is 67.3 Å². The number of allylic oxidation sites excluding steroid dienone is 2. The molecule has 0 saturated carbocycles. The van der Waals surface area contributed by atoms with Gasteiger partial charge in [-0.2, -0.15) is 0 Å². The zero-order chi connectivity index (χ0) is 17.6. The topological polar surface area (TPSA) is 15.7 Å². The maximum absolute atomic E-state index is 5.43. The van der Waals surface area contributed by atoms with E-state index in [1.807, 2.05) is 6.08 Å². The molecule has 130 valence electrons. The summed E-state index contributed by atoms with van der Waals surface area (Å²) in [5.41, 5.74) is 6.05. The number of benzene rings is 2. The smallest absolute Gasteiger partial charge is 0.0642 e. The number of hydrogen-bond donors (Lipinski definition) is 0. The highest BCUT2D eigenvalue weighted by Gasteiger charge is 2.12. The third kappa shape index (κ3) is 4.12. The van der Waals surface area contributed by atoms with Gasteiger partial charge in [0.1, 0.15) is 0 Å². The van der Waals surface area contributed by atoms with E-state index in [0.29, 0.717) is 0 Å². The summed E-state index contributed by atoms with van der Waals surface area (Å²) in [5.74, 6) is 0. The van der Waals surface area contributed by atoms with E-state index in [0.717, 1.165) is 26.3 Å². The van der Waals surface area contributed by atoms with Crippen molar-refractivity contribution in [2.24, 2.45) is 0 Å². The quantitative estimate of drug-likeness (QED) is 0.762. The minimum atomic E-state index is 0.807. The standard InChI is InChI=1S/C22H26N2O/c1-4-5-22(18-6-10-20(11-7-18)23(2)3)19-8-12-21(13-9-19)24-14-16-25-17-15-24/h4-13H,1,14-17H2,2-3H3/b22-5+. The van der Waals surface area contributed by atoms with E-state index in [-0.39, 0.29) is 0 Å². The summed E-state index contributed by atoms with van der Waals surface area (Å²) in [7, 11) is 4.11. The Hall–Kier alpha value is -2.52. The Morgan fingerprint density at radius 3 is 2.04 bits per heavy atom. The zero-order valence-electron chi connectivity index (χ0n) is 15.1. The van der Waals surface area contributed by atoms with Gasteiger partial charge in [0.25, 0.3) is 0 Å². The van der Waals surface area contributed by atoms with Crippen molar-refractivity contribution in [1.29, 1.82) is 0 Å². The zero-order valence-corrected chi connectivity index (χ0v) is 15.1. The first-order chi connectivity index (χ1) is 12.2. The normalized spacial score (nSPS) is 15.1. The molecule has 0 aliphatic carbocycles. The molecule has 0 aromatic heterocycles. The molecule has 1 saturated heterocycles. The van der Waals surface area contributed by atoms with Crippen molar-refractivity contribution >= 4 is 16.9 Å². The van der Waals surface area contributed by atoms with E-state index >= 15 is 0 Å². The van der Waals surface area contributed by atoms with Gasteiger partial charge in [-0.25, -0.2) is 0 Å². The van der Waals surface area contributed by atoms with Crippen LogP contribution in [0.25, 0.3) is 5.57 Å². The Kier molecular flexibility index (Phi) is 5.56. The molecule has 0 amide bonds. The van der Waals surface area contributed by atoms with Crippen LogP contribution in [0, 0.1) is 0 Å². The molecular formula is C22H26N2O. The molecule has 0 unspecified atom stereocenters. The molecule has 0 bridgehead atoms. The molecule has 3 heteroatoms. The highest BCUT2D eigenvalue weighted by atomic mass is 16.5. The Bertz CT molecular complexity index is 724. The Morgan fingerprint density at radius 1 is 0.960 bits per heavy atom. The lowest BCUT2D eigenvalue weighted by Crippen LogP contribution is -2.36. The van der Waals surface area contributed by atoms with E-state index in [1.54, 1.807) is 0 Å². The van der Waals surface area contributed by atoms with Gasteiger partial charge in [-0.05, 0) is 41.0 Å². The number of morpholine rings is 1. The third-order valence-corrected chi connectivity index (χ3v) is 4.53. The van der Waals surface area contributed by atoms with E-state index in [1.165, 1.54) is 28.1 Å². The lowest BCUT2D eigenvalue weighted by Gasteiger charge is -2.29. The first-order valence-corrected chi connectivity index (χ1v) is 8.72. The molecule has 25 heavy (non-hydrogen) atoms. The van der Waals surface area contributed by atoms with Crippen LogP contribution in [0.1, 0.15) is 11.1 Å². The summed E-state index contributed by atoms with van der Waals surface area (Å²) in [4.78, 5) is 4.48. The molecule has 1 aliphatic rings. The third-order valence-electron chi connectivity index (χ3n) is 4.53. The number of rotatable bonds is 5. The molecule has 1 heterocycles. The van der Waals surface area contributed by atoms with Crippen molar-refractivity contribution in [2.45, 2.75) is 0 Å². The van der Waals surface area contributed by atoms with Crippen molar-refractivity contribution in [3.05, 3.63) is 78.4 Å². The van der Waals surface area contributed by atoms with Crippen molar-refractivity contribution in [1.82, 2.24) is 0 Å². The van der Waals surface area contributed by atoms with E-state index in [9.17, 15) is 0 Å². The maximum atomic E-state index is 5.43. The summed E-state index contributed by atoms with van der Waals surface area (Å²) in [5, 5.41) is 0. The fourth-order valence-electron chi connectivity index (χ4n) is 3.09. The molecule has 1 aliphatic heterocycles. The second-order valence-corrected chi connectivity index (χ2v) is 6.40. The lowest BCUT2D eigenvalue weighted by molar-refractivity contribution is 0.122. The molecule has 0 radical (unpaired) electrons. The van der Waals surface area contributed by atoms with Gasteiger partial charge < -0.3 is 14.5 Å². The second kappa shape index (κ2) is 8.04. The van der Waals surface area contributed by atoms with Crippen LogP contribution in [0.3, 0.4) is 0 Å². The molecule has 2 aromatic carbocycles. The van der Waals surface area contributed by atoms with Crippen LogP contribution >= 0.6 is 0 Å². The van der Waals surface area contributed by atoms with Crippen LogP contribution in [-0.2, 0) is 4.74 Å². The number of nitrogens with zero attached hydrogens (tertiary/aromatic N) is 2. The van der Waals surface area contributed by atoms with Crippen LogP contribution in [-0.4, -0.2) is 40.4 Å². The summed E-state index contributed by atoms with van der Waals surface area (Å²) in [6.07, 6.45) is 3.93. The SMILES string of the molecule is C=C/C=C(\c1ccc(N(C)C)cc1)c1ccc(N2CCOCC2)cc1. The summed E-state index contributed by atoms with van der Waals surface area (Å²) in [6.45, 7) is 7.41. The lowest BCUT2D eigenvalue weighted by atomic mass is 9.97. The number of ether oxygens (including phenoxy) is 1. The molecule has 0 atom stereocenters. The molecule has 1 fully saturated rings. The maximum Gasteiger partial charge on any atom is 0.0642 e. The fraction of sp³-hybridized carbons (Fsp3) is 0.273. The molecule has 0 spiro atoms. The first-order valence-electron chi connectivity index (χ1n) is 8.72. The van der Waals surface area contributed by atoms with Crippen LogP contribution < -0.4 is 9.80 Å². The summed E-state index contributed by atoms with van der Waals surface area (Å²) >= 11 is 0. The highest BCUT2D eigenvalue weighted by Crippen LogP contribution is 2.27. The van der Waals surface area contributed by atoms with Gasteiger partial charge in [-0.1, -0.05) is 43.0 Å². The Balaban J connectivity index is 1.85.